The van der Waals surface area contributed by atoms with Crippen LogP contribution in [0.1, 0.15) is 33.1 Å². The molecule has 2 rings (SSSR count). The third kappa shape index (κ3) is 3.92. The second-order valence-corrected chi connectivity index (χ2v) is 7.53. The van der Waals surface area contributed by atoms with Crippen molar-refractivity contribution in [2.24, 2.45) is 16.8 Å². The first-order chi connectivity index (χ1) is 8.66. The van der Waals surface area contributed by atoms with E-state index in [1.165, 1.54) is 12.8 Å². The van der Waals surface area contributed by atoms with Crippen LogP contribution in [0.2, 0.25) is 0 Å². The lowest BCUT2D eigenvalue weighted by molar-refractivity contribution is -0.119. The van der Waals surface area contributed by atoms with Crippen molar-refractivity contribution in [2.75, 3.05) is 18.1 Å². The molecule has 1 saturated carbocycles. The molecule has 1 aliphatic heterocycles. The number of carbonyl (C=O) groups is 1. The molecule has 0 unspecified atom stereocenters. The summed E-state index contributed by atoms with van der Waals surface area (Å²) in [5.74, 6) is 3.09. The van der Waals surface area contributed by atoms with Gasteiger partial charge in [-0.15, -0.1) is 0 Å². The smallest absolute Gasteiger partial charge is 0.230 e. The maximum atomic E-state index is 11.9. The van der Waals surface area contributed by atoms with Crippen molar-refractivity contribution >= 4 is 33.8 Å². The summed E-state index contributed by atoms with van der Waals surface area (Å²) in [5.41, 5.74) is 0. The first kappa shape index (κ1) is 14.3. The summed E-state index contributed by atoms with van der Waals surface area (Å²) >= 11 is 3.35. The fourth-order valence-electron chi connectivity index (χ4n) is 2.56. The highest BCUT2D eigenvalue weighted by Gasteiger charge is 2.28. The van der Waals surface area contributed by atoms with Crippen LogP contribution in [-0.2, 0) is 4.79 Å². The second kappa shape index (κ2) is 6.85. The fraction of sp³-hybridized carbons (Fsp3) is 0.846. The standard InChI is InChI=1S/C13H22N2OS2/c1-9-4-3-5-11(10(9)2)15-12(16)8-18-13-14-6-7-17-13/h9-11H,3-8H2,1-2H3,(H,15,16)/t9-,10-,11+/m1/s1. The molecule has 0 saturated heterocycles. The van der Waals surface area contributed by atoms with Crippen LogP contribution in [0.25, 0.3) is 0 Å². The zero-order valence-corrected chi connectivity index (χ0v) is 12.8. The number of amides is 1. The Balaban J connectivity index is 1.72. The van der Waals surface area contributed by atoms with E-state index < -0.39 is 0 Å². The first-order valence-electron chi connectivity index (χ1n) is 6.76. The largest absolute Gasteiger partial charge is 0.352 e. The number of aliphatic imine (C=N–C) groups is 1. The summed E-state index contributed by atoms with van der Waals surface area (Å²) in [6.07, 6.45) is 3.68. The van der Waals surface area contributed by atoms with Gasteiger partial charge in [0.25, 0.3) is 0 Å². The molecular weight excluding hydrogens is 264 g/mol. The maximum absolute atomic E-state index is 11.9. The molecule has 1 N–H and O–H groups in total. The van der Waals surface area contributed by atoms with Crippen LogP contribution >= 0.6 is 23.5 Å². The summed E-state index contributed by atoms with van der Waals surface area (Å²) < 4.78 is 1.08. The van der Waals surface area contributed by atoms with Crippen LogP contribution in [0.4, 0.5) is 0 Å². The minimum absolute atomic E-state index is 0.168. The number of nitrogens with zero attached hydrogens (tertiary/aromatic N) is 1. The van der Waals surface area contributed by atoms with E-state index in [4.69, 9.17) is 0 Å². The predicted molar refractivity (Wildman–Crippen MR) is 81.3 cm³/mol. The molecule has 0 aromatic rings. The molecule has 1 fully saturated rings. The van der Waals surface area contributed by atoms with E-state index in [-0.39, 0.29) is 5.91 Å². The topological polar surface area (TPSA) is 41.5 Å². The number of rotatable bonds is 3. The summed E-state index contributed by atoms with van der Waals surface area (Å²) in [6.45, 7) is 5.46. The van der Waals surface area contributed by atoms with E-state index in [2.05, 4.69) is 24.2 Å². The molecule has 1 heterocycles. The van der Waals surface area contributed by atoms with Gasteiger partial charge in [-0.05, 0) is 18.3 Å². The number of nitrogens with one attached hydrogen (secondary N) is 1. The Bertz CT molecular complexity index is 333. The summed E-state index contributed by atoms with van der Waals surface area (Å²) in [4.78, 5) is 16.3. The predicted octanol–water partition coefficient (Wildman–Crippen LogP) is 2.76. The van der Waals surface area contributed by atoms with Crippen molar-refractivity contribution in [3.63, 3.8) is 0 Å². The summed E-state index contributed by atoms with van der Waals surface area (Å²) in [5, 5.41) is 3.20. The first-order valence-corrected chi connectivity index (χ1v) is 8.73. The highest BCUT2D eigenvalue weighted by atomic mass is 32.2. The van der Waals surface area contributed by atoms with Crippen molar-refractivity contribution in [3.05, 3.63) is 0 Å². The lowest BCUT2D eigenvalue weighted by atomic mass is 9.78. The molecule has 0 spiro atoms. The zero-order valence-electron chi connectivity index (χ0n) is 11.1. The zero-order chi connectivity index (χ0) is 13.0. The van der Waals surface area contributed by atoms with E-state index >= 15 is 0 Å². The fourth-order valence-corrected chi connectivity index (χ4v) is 4.38. The Kier molecular flexibility index (Phi) is 5.42. The van der Waals surface area contributed by atoms with Crippen molar-refractivity contribution < 1.29 is 4.79 Å². The molecule has 0 bridgehead atoms. The van der Waals surface area contributed by atoms with Crippen molar-refractivity contribution in [1.29, 1.82) is 0 Å². The van der Waals surface area contributed by atoms with E-state index in [0.29, 0.717) is 17.7 Å². The minimum atomic E-state index is 0.168. The van der Waals surface area contributed by atoms with Crippen LogP contribution in [0.3, 0.4) is 0 Å². The normalized spacial score (nSPS) is 32.1. The highest BCUT2D eigenvalue weighted by molar-refractivity contribution is 8.39. The van der Waals surface area contributed by atoms with Gasteiger partial charge < -0.3 is 5.32 Å². The molecule has 3 nitrogen and oxygen atoms in total. The molecule has 0 radical (unpaired) electrons. The number of hydrogen-bond acceptors (Lipinski definition) is 4. The SMILES string of the molecule is C[C@@H]1[C@H](C)CCC[C@@H]1NC(=O)CSC1=NCCS1. The Labute approximate surface area is 118 Å². The molecule has 1 amide bonds. The summed E-state index contributed by atoms with van der Waals surface area (Å²) in [7, 11) is 0. The van der Waals surface area contributed by atoms with Gasteiger partial charge in [0, 0.05) is 11.8 Å². The molecule has 18 heavy (non-hydrogen) atoms. The average Bonchev–Trinajstić information content (AvgIpc) is 2.86. The third-order valence-corrected chi connectivity index (χ3v) is 6.19. The Morgan fingerprint density at radius 3 is 3.06 bits per heavy atom. The van der Waals surface area contributed by atoms with Gasteiger partial charge in [-0.3, -0.25) is 9.79 Å². The van der Waals surface area contributed by atoms with Gasteiger partial charge in [-0.25, -0.2) is 0 Å². The molecule has 0 aromatic heterocycles. The van der Waals surface area contributed by atoms with Crippen LogP contribution in [-0.4, -0.2) is 34.4 Å². The summed E-state index contributed by atoms with van der Waals surface area (Å²) in [6, 6.07) is 0.375. The van der Waals surface area contributed by atoms with Gasteiger partial charge in [0.2, 0.25) is 5.91 Å². The Morgan fingerprint density at radius 1 is 1.50 bits per heavy atom. The Hall–Kier alpha value is -0.160. The molecule has 0 aromatic carbocycles. The van der Waals surface area contributed by atoms with Gasteiger partial charge in [-0.1, -0.05) is 50.2 Å². The minimum Gasteiger partial charge on any atom is -0.352 e. The number of carbonyl (C=O) groups excluding carboxylic acids is 1. The van der Waals surface area contributed by atoms with Gasteiger partial charge in [0.1, 0.15) is 4.38 Å². The van der Waals surface area contributed by atoms with E-state index in [9.17, 15) is 4.79 Å². The molecule has 5 heteroatoms. The van der Waals surface area contributed by atoms with Crippen LogP contribution in [0.5, 0.6) is 0 Å². The second-order valence-electron chi connectivity index (χ2n) is 5.23. The van der Waals surface area contributed by atoms with Crippen LogP contribution < -0.4 is 5.32 Å². The number of thioether (sulfide) groups is 2. The van der Waals surface area contributed by atoms with E-state index in [1.807, 2.05) is 0 Å². The van der Waals surface area contributed by atoms with Crippen molar-refractivity contribution in [3.8, 4) is 0 Å². The van der Waals surface area contributed by atoms with Gasteiger partial charge in [-0.2, -0.15) is 0 Å². The number of hydrogen-bond donors (Lipinski definition) is 1. The molecule has 2 aliphatic rings. The van der Waals surface area contributed by atoms with Crippen LogP contribution in [0.15, 0.2) is 4.99 Å². The molecule has 1 aliphatic carbocycles. The molecular formula is C13H22N2OS2. The lowest BCUT2D eigenvalue weighted by Crippen LogP contribution is -2.44. The highest BCUT2D eigenvalue weighted by Crippen LogP contribution is 2.29. The molecule has 3 atom stereocenters. The quantitative estimate of drug-likeness (QED) is 0.867. The van der Waals surface area contributed by atoms with Gasteiger partial charge in [0.15, 0.2) is 0 Å². The lowest BCUT2D eigenvalue weighted by Gasteiger charge is -2.34. The van der Waals surface area contributed by atoms with E-state index in [0.717, 1.165) is 29.0 Å². The van der Waals surface area contributed by atoms with Gasteiger partial charge >= 0.3 is 0 Å². The third-order valence-electron chi connectivity index (χ3n) is 3.94. The van der Waals surface area contributed by atoms with Crippen LogP contribution in [0, 0.1) is 11.8 Å². The maximum Gasteiger partial charge on any atom is 0.230 e. The Morgan fingerprint density at radius 2 is 2.33 bits per heavy atom. The van der Waals surface area contributed by atoms with E-state index in [1.54, 1.807) is 23.5 Å². The van der Waals surface area contributed by atoms with Crippen molar-refractivity contribution in [1.82, 2.24) is 5.32 Å². The molecule has 102 valence electrons. The monoisotopic (exact) mass is 286 g/mol. The van der Waals surface area contributed by atoms with Crippen molar-refractivity contribution in [2.45, 2.75) is 39.2 Å². The van der Waals surface area contributed by atoms with Gasteiger partial charge in [0.05, 0.1) is 12.3 Å². The average molecular weight is 286 g/mol.